The van der Waals surface area contributed by atoms with Gasteiger partial charge < -0.3 is 0 Å². The molecule has 0 bridgehead atoms. The Bertz CT molecular complexity index is 1350. The van der Waals surface area contributed by atoms with Crippen LogP contribution in [0.25, 0.3) is 21.8 Å². The largest absolute Gasteiger partial charge is 0.268 e. The van der Waals surface area contributed by atoms with Crippen molar-refractivity contribution in [3.05, 3.63) is 57.3 Å². The Balaban J connectivity index is 1.70. The number of fused-ring (bicyclic) bond motifs is 2. The van der Waals surface area contributed by atoms with Gasteiger partial charge in [-0.25, -0.2) is 0 Å². The van der Waals surface area contributed by atoms with Gasteiger partial charge in [-0.3, -0.25) is 9.36 Å². The van der Waals surface area contributed by atoms with Crippen LogP contribution in [0.4, 0.5) is 0 Å². The van der Waals surface area contributed by atoms with Gasteiger partial charge in [0.25, 0.3) is 0 Å². The number of rotatable bonds is 4. The van der Waals surface area contributed by atoms with Crippen molar-refractivity contribution in [1.29, 1.82) is 0 Å². The minimum atomic E-state index is -0.235. The molecule has 0 amide bonds. The summed E-state index contributed by atoms with van der Waals surface area (Å²) < 4.78 is 4.18. The Morgan fingerprint density at radius 2 is 1.59 bits per heavy atom. The van der Waals surface area contributed by atoms with Crippen LogP contribution in [0.2, 0.25) is 10.0 Å². The molecule has 0 saturated heterocycles. The van der Waals surface area contributed by atoms with E-state index in [0.717, 1.165) is 38.6 Å². The Labute approximate surface area is 199 Å². The molecule has 0 atom stereocenters. The third-order valence-electron chi connectivity index (χ3n) is 6.68. The lowest BCUT2D eigenvalue weighted by atomic mass is 9.78. The Kier molecular flexibility index (Phi) is 4.92. The van der Waals surface area contributed by atoms with Crippen molar-refractivity contribution in [3.63, 3.8) is 0 Å². The predicted molar refractivity (Wildman–Crippen MR) is 134 cm³/mol. The maximum absolute atomic E-state index is 6.79. The molecule has 6 heteroatoms. The molecule has 4 aromatic rings. The van der Waals surface area contributed by atoms with Crippen LogP contribution in [0.5, 0.6) is 0 Å². The van der Waals surface area contributed by atoms with Crippen molar-refractivity contribution in [2.45, 2.75) is 70.8 Å². The first-order valence-electron chi connectivity index (χ1n) is 11.3. The summed E-state index contributed by atoms with van der Waals surface area (Å²) in [6.45, 7) is 11.2. The quantitative estimate of drug-likeness (QED) is 0.313. The summed E-state index contributed by atoms with van der Waals surface area (Å²) in [5, 5.41) is 13.6. The lowest BCUT2D eigenvalue weighted by molar-refractivity contribution is 0.509. The zero-order valence-electron chi connectivity index (χ0n) is 19.6. The first-order valence-corrected chi connectivity index (χ1v) is 12.1. The SMILES string of the molecule is Cn1ncc2ccc(Cl)c(C(C)(C)Cc3nn(C4CC4)c4c(C(C)(C)C)c(Cl)ccc34)c21. The number of nitrogens with zero attached hydrogens (tertiary/aromatic N) is 4. The second kappa shape index (κ2) is 7.23. The van der Waals surface area contributed by atoms with Gasteiger partial charge in [0.1, 0.15) is 0 Å². The van der Waals surface area contributed by atoms with Gasteiger partial charge in [-0.15, -0.1) is 0 Å². The van der Waals surface area contributed by atoms with E-state index >= 15 is 0 Å². The van der Waals surface area contributed by atoms with Gasteiger partial charge in [-0.05, 0) is 47.9 Å². The van der Waals surface area contributed by atoms with Crippen molar-refractivity contribution in [2.24, 2.45) is 7.05 Å². The zero-order chi connectivity index (χ0) is 23.0. The molecule has 0 unspecified atom stereocenters. The van der Waals surface area contributed by atoms with E-state index in [1.165, 1.54) is 29.3 Å². The fourth-order valence-corrected chi connectivity index (χ4v) is 5.94. The number of benzene rings is 2. The fraction of sp³-hybridized carbons (Fsp3) is 0.462. The summed E-state index contributed by atoms with van der Waals surface area (Å²) in [4.78, 5) is 0. The van der Waals surface area contributed by atoms with Crippen LogP contribution in [0.3, 0.4) is 0 Å². The van der Waals surface area contributed by atoms with Gasteiger partial charge in [-0.2, -0.15) is 10.2 Å². The molecular formula is C26H30Cl2N4. The van der Waals surface area contributed by atoms with Gasteiger partial charge in [0.15, 0.2) is 0 Å². The van der Waals surface area contributed by atoms with Gasteiger partial charge >= 0.3 is 0 Å². The molecule has 1 fully saturated rings. The molecular weight excluding hydrogens is 439 g/mol. The summed E-state index contributed by atoms with van der Waals surface area (Å²) in [6.07, 6.45) is 5.03. The molecule has 1 saturated carbocycles. The molecule has 1 aliphatic carbocycles. The van der Waals surface area contributed by atoms with Crippen LogP contribution in [-0.4, -0.2) is 19.6 Å². The lowest BCUT2D eigenvalue weighted by Crippen LogP contribution is -2.23. The molecule has 0 radical (unpaired) electrons. The van der Waals surface area contributed by atoms with Gasteiger partial charge in [0, 0.05) is 45.4 Å². The molecule has 4 nitrogen and oxygen atoms in total. The van der Waals surface area contributed by atoms with Crippen molar-refractivity contribution in [2.75, 3.05) is 0 Å². The maximum Gasteiger partial charge on any atom is 0.0740 e. The second-order valence-corrected chi connectivity index (χ2v) is 11.7. The van der Waals surface area contributed by atoms with Crippen LogP contribution in [-0.2, 0) is 24.3 Å². The fourth-order valence-electron chi connectivity index (χ4n) is 5.09. The molecule has 168 valence electrons. The Hall–Kier alpha value is -2.04. The second-order valence-electron chi connectivity index (χ2n) is 10.9. The molecule has 0 spiro atoms. The monoisotopic (exact) mass is 468 g/mol. The highest BCUT2D eigenvalue weighted by Crippen LogP contribution is 2.45. The topological polar surface area (TPSA) is 35.6 Å². The third kappa shape index (κ3) is 3.43. The maximum atomic E-state index is 6.79. The van der Waals surface area contributed by atoms with E-state index in [-0.39, 0.29) is 10.8 Å². The van der Waals surface area contributed by atoms with Gasteiger partial charge in [-0.1, -0.05) is 57.8 Å². The van der Waals surface area contributed by atoms with E-state index in [1.54, 1.807) is 0 Å². The van der Waals surface area contributed by atoms with Crippen LogP contribution in [0.1, 0.15) is 70.3 Å². The average Bonchev–Trinajstić information content (AvgIpc) is 3.39. The third-order valence-corrected chi connectivity index (χ3v) is 7.31. The summed E-state index contributed by atoms with van der Waals surface area (Å²) in [5.74, 6) is 0. The lowest BCUT2D eigenvalue weighted by Gasteiger charge is -2.27. The molecule has 2 aromatic heterocycles. The smallest absolute Gasteiger partial charge is 0.0740 e. The van der Waals surface area contributed by atoms with Crippen molar-refractivity contribution >= 4 is 45.0 Å². The van der Waals surface area contributed by atoms with Crippen LogP contribution in [0, 0.1) is 0 Å². The molecule has 0 N–H and O–H groups in total. The first kappa shape index (κ1) is 21.8. The Morgan fingerprint density at radius 1 is 0.938 bits per heavy atom. The highest BCUT2D eigenvalue weighted by molar-refractivity contribution is 6.33. The number of hydrogen-bond acceptors (Lipinski definition) is 2. The number of aromatic nitrogens is 4. The van der Waals surface area contributed by atoms with Gasteiger partial charge in [0.2, 0.25) is 0 Å². The summed E-state index contributed by atoms with van der Waals surface area (Å²) in [5.41, 5.74) is 5.40. The van der Waals surface area contributed by atoms with Crippen molar-refractivity contribution in [1.82, 2.24) is 19.6 Å². The highest BCUT2D eigenvalue weighted by atomic mass is 35.5. The minimum absolute atomic E-state index is 0.0698. The summed E-state index contributed by atoms with van der Waals surface area (Å²) >= 11 is 13.5. The van der Waals surface area contributed by atoms with Crippen molar-refractivity contribution in [3.8, 4) is 0 Å². The molecule has 32 heavy (non-hydrogen) atoms. The minimum Gasteiger partial charge on any atom is -0.268 e. The Morgan fingerprint density at radius 3 is 2.25 bits per heavy atom. The van der Waals surface area contributed by atoms with E-state index in [2.05, 4.69) is 50.5 Å². The molecule has 2 heterocycles. The van der Waals surface area contributed by atoms with Crippen LogP contribution < -0.4 is 0 Å². The average molecular weight is 469 g/mol. The number of aryl methyl sites for hydroxylation is 1. The normalized spacial score (nSPS) is 15.2. The zero-order valence-corrected chi connectivity index (χ0v) is 21.1. The number of halogens is 2. The van der Waals surface area contributed by atoms with E-state index in [1.807, 2.05) is 36.1 Å². The number of hydrogen-bond donors (Lipinski definition) is 0. The predicted octanol–water partition coefficient (Wildman–Crippen LogP) is 7.38. The summed E-state index contributed by atoms with van der Waals surface area (Å²) in [6, 6.07) is 8.68. The van der Waals surface area contributed by atoms with Gasteiger partial charge in [0.05, 0.1) is 29.0 Å². The van der Waals surface area contributed by atoms with Crippen molar-refractivity contribution < 1.29 is 0 Å². The van der Waals surface area contributed by atoms with Crippen LogP contribution in [0.15, 0.2) is 30.5 Å². The molecule has 1 aliphatic rings. The van der Waals surface area contributed by atoms with E-state index < -0.39 is 0 Å². The molecule has 0 aliphatic heterocycles. The van der Waals surface area contributed by atoms with Crippen LogP contribution >= 0.6 is 23.2 Å². The molecule has 5 rings (SSSR count). The van der Waals surface area contributed by atoms with E-state index in [0.29, 0.717) is 6.04 Å². The highest BCUT2D eigenvalue weighted by Gasteiger charge is 2.34. The summed E-state index contributed by atoms with van der Waals surface area (Å²) in [7, 11) is 1.98. The van der Waals surface area contributed by atoms with E-state index in [4.69, 9.17) is 28.3 Å². The standard InChI is InChI=1S/C26H30Cl2N4/c1-25(2,3)21-18(27)12-10-17-20(30-32(24(17)21)16-8-9-16)13-26(4,5)22-19(28)11-7-15-14-29-31(6)23(15)22/h7,10-12,14,16H,8-9,13H2,1-6H3. The first-order chi connectivity index (χ1) is 15.0. The molecule has 2 aromatic carbocycles. The van der Waals surface area contributed by atoms with E-state index in [9.17, 15) is 0 Å².